The molecule has 3 heteroatoms. The molecular weight excluding hydrogens is 270 g/mol. The number of thiophene rings is 2. The molecule has 0 atom stereocenters. The molecule has 2 heterocycles. The van der Waals surface area contributed by atoms with Gasteiger partial charge < -0.3 is 0 Å². The van der Waals surface area contributed by atoms with Crippen molar-refractivity contribution in [3.05, 3.63) is 45.1 Å². The van der Waals surface area contributed by atoms with Gasteiger partial charge in [-0.3, -0.25) is 0 Å². The number of benzene rings is 1. The number of fused-ring (bicyclic) bond motifs is 1. The molecule has 3 aromatic rings. The molecule has 0 radical (unpaired) electrons. The first-order valence-corrected chi connectivity index (χ1v) is 7.79. The average Bonchev–Trinajstić information content (AvgIpc) is 2.90. The molecule has 3 rings (SSSR count). The largest absolute Gasteiger partial charge is 0.192 e. The third kappa shape index (κ3) is 1.88. The summed E-state index contributed by atoms with van der Waals surface area (Å²) in [6.07, 6.45) is 0. The number of nitriles is 1. The van der Waals surface area contributed by atoms with Crippen molar-refractivity contribution in [1.29, 1.82) is 5.26 Å². The quantitative estimate of drug-likeness (QED) is 0.584. The van der Waals surface area contributed by atoms with Crippen molar-refractivity contribution in [2.45, 2.75) is 20.8 Å². The first-order chi connectivity index (χ1) is 9.11. The molecule has 0 fully saturated rings. The van der Waals surface area contributed by atoms with E-state index in [1.807, 2.05) is 0 Å². The highest BCUT2D eigenvalue weighted by Crippen LogP contribution is 2.43. The second kappa shape index (κ2) is 4.48. The lowest BCUT2D eigenvalue weighted by Gasteiger charge is -2.09. The lowest BCUT2D eigenvalue weighted by molar-refractivity contribution is 1.33. The smallest absolute Gasteiger partial charge is 0.114 e. The molecule has 1 nitrogen and oxygen atoms in total. The van der Waals surface area contributed by atoms with Crippen LogP contribution in [0.15, 0.2) is 23.6 Å². The van der Waals surface area contributed by atoms with Gasteiger partial charge >= 0.3 is 0 Å². The van der Waals surface area contributed by atoms with Gasteiger partial charge in [0.05, 0.1) is 9.58 Å². The molecule has 0 amide bonds. The highest BCUT2D eigenvalue weighted by atomic mass is 32.1. The van der Waals surface area contributed by atoms with Gasteiger partial charge in [-0.1, -0.05) is 17.7 Å². The van der Waals surface area contributed by atoms with Gasteiger partial charge in [0.15, 0.2) is 0 Å². The molecule has 0 spiro atoms. The third-order valence-corrected chi connectivity index (χ3v) is 5.51. The minimum absolute atomic E-state index is 0.825. The summed E-state index contributed by atoms with van der Waals surface area (Å²) in [6, 6.07) is 8.81. The van der Waals surface area contributed by atoms with Crippen molar-refractivity contribution < 1.29 is 0 Å². The molecule has 1 aromatic carbocycles. The maximum absolute atomic E-state index is 9.26. The van der Waals surface area contributed by atoms with Gasteiger partial charge in [0.25, 0.3) is 0 Å². The fraction of sp³-hybridized carbons (Fsp3) is 0.188. The van der Waals surface area contributed by atoms with Crippen LogP contribution in [-0.2, 0) is 0 Å². The van der Waals surface area contributed by atoms with Crippen LogP contribution in [0.4, 0.5) is 0 Å². The predicted molar refractivity (Wildman–Crippen MR) is 84.1 cm³/mol. The number of hydrogen-bond donors (Lipinski definition) is 0. The summed E-state index contributed by atoms with van der Waals surface area (Å²) in [7, 11) is 0. The normalized spacial score (nSPS) is 10.8. The van der Waals surface area contributed by atoms with E-state index in [0.717, 1.165) is 10.3 Å². The lowest BCUT2D eigenvalue weighted by Crippen LogP contribution is -1.87. The van der Waals surface area contributed by atoms with Crippen LogP contribution in [0.1, 0.15) is 21.6 Å². The standard InChI is InChI=1S/C16H13NS2/c1-9-6-10(2)14(11(3)7-9)16-15-12(4-5-18-15)13(8-17)19-16/h4-7H,1-3H3. The van der Waals surface area contributed by atoms with Gasteiger partial charge in [-0.2, -0.15) is 5.26 Å². The van der Waals surface area contributed by atoms with E-state index in [9.17, 15) is 5.26 Å². The zero-order valence-electron chi connectivity index (χ0n) is 11.1. The summed E-state index contributed by atoms with van der Waals surface area (Å²) in [5.41, 5.74) is 5.17. The van der Waals surface area contributed by atoms with E-state index >= 15 is 0 Å². The van der Waals surface area contributed by atoms with Crippen LogP contribution in [0, 0.1) is 32.1 Å². The molecule has 94 valence electrons. The van der Waals surface area contributed by atoms with Gasteiger partial charge in [-0.15, -0.1) is 22.7 Å². The Hall–Kier alpha value is -1.63. The van der Waals surface area contributed by atoms with Crippen LogP contribution < -0.4 is 0 Å². The average molecular weight is 283 g/mol. The maximum Gasteiger partial charge on any atom is 0.114 e. The first-order valence-electron chi connectivity index (χ1n) is 6.10. The van der Waals surface area contributed by atoms with Gasteiger partial charge in [-0.25, -0.2) is 0 Å². The van der Waals surface area contributed by atoms with E-state index in [1.54, 1.807) is 22.7 Å². The fourth-order valence-electron chi connectivity index (χ4n) is 2.65. The Bertz CT molecular complexity index is 792. The maximum atomic E-state index is 9.26. The molecule has 0 saturated carbocycles. The summed E-state index contributed by atoms with van der Waals surface area (Å²) in [5, 5.41) is 12.4. The highest BCUT2D eigenvalue weighted by molar-refractivity contribution is 7.26. The van der Waals surface area contributed by atoms with Crippen molar-refractivity contribution in [3.8, 4) is 16.5 Å². The summed E-state index contributed by atoms with van der Waals surface area (Å²) < 4.78 is 1.25. The Kier molecular flexibility index (Phi) is 2.93. The SMILES string of the molecule is Cc1cc(C)c(-c2sc(C#N)c3ccsc23)c(C)c1. The summed E-state index contributed by atoms with van der Waals surface area (Å²) in [5.74, 6) is 0. The van der Waals surface area contributed by atoms with Gasteiger partial charge in [-0.05, 0) is 48.9 Å². The third-order valence-electron chi connectivity index (χ3n) is 3.33. The molecular formula is C16H13NS2. The molecule has 0 N–H and O–H groups in total. The van der Waals surface area contributed by atoms with Crippen molar-refractivity contribution in [2.24, 2.45) is 0 Å². The number of hydrogen-bond acceptors (Lipinski definition) is 3. The minimum Gasteiger partial charge on any atom is -0.192 e. The monoisotopic (exact) mass is 283 g/mol. The van der Waals surface area contributed by atoms with E-state index in [-0.39, 0.29) is 0 Å². The highest BCUT2D eigenvalue weighted by Gasteiger charge is 2.17. The topological polar surface area (TPSA) is 23.8 Å². The van der Waals surface area contributed by atoms with Crippen LogP contribution >= 0.6 is 22.7 Å². The van der Waals surface area contributed by atoms with Gasteiger partial charge in [0, 0.05) is 5.39 Å². The number of nitrogens with zero attached hydrogens (tertiary/aromatic N) is 1. The Labute approximate surface area is 120 Å². The molecule has 0 aliphatic rings. The van der Waals surface area contributed by atoms with E-state index in [4.69, 9.17) is 0 Å². The Morgan fingerprint density at radius 3 is 2.42 bits per heavy atom. The molecule has 2 aromatic heterocycles. The van der Waals surface area contributed by atoms with Crippen molar-refractivity contribution >= 4 is 32.8 Å². The molecule has 0 saturated heterocycles. The van der Waals surface area contributed by atoms with E-state index < -0.39 is 0 Å². The molecule has 0 aliphatic carbocycles. The Morgan fingerprint density at radius 2 is 1.79 bits per heavy atom. The van der Waals surface area contributed by atoms with Crippen molar-refractivity contribution in [1.82, 2.24) is 0 Å². The minimum atomic E-state index is 0.825. The second-order valence-corrected chi connectivity index (χ2v) is 6.75. The summed E-state index contributed by atoms with van der Waals surface area (Å²) in [4.78, 5) is 2.07. The van der Waals surface area contributed by atoms with Gasteiger partial charge in [0.1, 0.15) is 10.9 Å². The summed E-state index contributed by atoms with van der Waals surface area (Å²) in [6.45, 7) is 6.43. The predicted octanol–water partition coefficient (Wildman–Crippen LogP) is 5.43. The van der Waals surface area contributed by atoms with E-state index in [2.05, 4.69) is 50.4 Å². The molecule has 0 unspecified atom stereocenters. The fourth-order valence-corrected chi connectivity index (χ4v) is 4.99. The van der Waals surface area contributed by atoms with E-state index in [0.29, 0.717) is 0 Å². The van der Waals surface area contributed by atoms with Crippen molar-refractivity contribution in [2.75, 3.05) is 0 Å². The lowest BCUT2D eigenvalue weighted by atomic mass is 9.98. The molecule has 0 bridgehead atoms. The van der Waals surface area contributed by atoms with E-state index in [1.165, 1.54) is 31.8 Å². The van der Waals surface area contributed by atoms with Crippen LogP contribution in [-0.4, -0.2) is 0 Å². The molecule has 0 aliphatic heterocycles. The zero-order valence-corrected chi connectivity index (χ0v) is 12.7. The Morgan fingerprint density at radius 1 is 1.11 bits per heavy atom. The first kappa shape index (κ1) is 12.4. The van der Waals surface area contributed by atoms with Crippen molar-refractivity contribution in [3.63, 3.8) is 0 Å². The molecule has 19 heavy (non-hydrogen) atoms. The Balaban J connectivity index is 2.37. The number of aryl methyl sites for hydroxylation is 3. The van der Waals surface area contributed by atoms with Gasteiger partial charge in [0.2, 0.25) is 0 Å². The summed E-state index contributed by atoms with van der Waals surface area (Å²) >= 11 is 3.34. The number of rotatable bonds is 1. The van der Waals surface area contributed by atoms with Crippen LogP contribution in [0.5, 0.6) is 0 Å². The van der Waals surface area contributed by atoms with Crippen LogP contribution in [0.3, 0.4) is 0 Å². The van der Waals surface area contributed by atoms with Crippen LogP contribution in [0.25, 0.3) is 20.5 Å². The second-order valence-electron chi connectivity index (χ2n) is 4.81. The zero-order chi connectivity index (χ0) is 13.6. The van der Waals surface area contributed by atoms with Crippen LogP contribution in [0.2, 0.25) is 0 Å².